The number of ketones is 1. The van der Waals surface area contributed by atoms with E-state index in [1.165, 1.54) is 16.4 Å². The van der Waals surface area contributed by atoms with Crippen molar-refractivity contribution in [2.24, 2.45) is 0 Å². The second kappa shape index (κ2) is 10.8. The van der Waals surface area contributed by atoms with E-state index in [9.17, 15) is 4.79 Å². The molecule has 0 saturated carbocycles. The van der Waals surface area contributed by atoms with Crippen LogP contribution in [0.25, 0.3) is 12.2 Å². The zero-order chi connectivity index (χ0) is 16.3. The Hall–Kier alpha value is -1.89. The van der Waals surface area contributed by atoms with Crippen LogP contribution in [0.3, 0.4) is 0 Å². The molecule has 112 valence electrons. The Balaban J connectivity index is 0.000000489. The Morgan fingerprint density at radius 1 is 1.10 bits per heavy atom. The second-order valence-corrected chi connectivity index (χ2v) is 4.46. The van der Waals surface area contributed by atoms with Crippen molar-refractivity contribution in [3.63, 3.8) is 0 Å². The van der Waals surface area contributed by atoms with Crippen LogP contribution in [0.1, 0.15) is 34.1 Å². The minimum atomic E-state index is 0.00463. The van der Waals surface area contributed by atoms with Crippen molar-refractivity contribution < 1.29 is 4.79 Å². The molecule has 0 N–H and O–H groups in total. The van der Waals surface area contributed by atoms with Crippen molar-refractivity contribution in [1.29, 1.82) is 0 Å². The van der Waals surface area contributed by atoms with Crippen molar-refractivity contribution in [2.75, 3.05) is 0 Å². The monoisotopic (exact) mass is 282 g/mol. The molecule has 1 nitrogen and oxygen atoms in total. The maximum atomic E-state index is 9.70. The summed E-state index contributed by atoms with van der Waals surface area (Å²) in [6, 6.07) is 8.28. The zero-order valence-electron chi connectivity index (χ0n) is 13.6. The lowest BCUT2D eigenvalue weighted by atomic mass is 10.0. The van der Waals surface area contributed by atoms with E-state index in [2.05, 4.69) is 57.2 Å². The largest absolute Gasteiger partial charge is 0.300 e. The van der Waals surface area contributed by atoms with Crippen LogP contribution in [0.4, 0.5) is 0 Å². The number of rotatable bonds is 1. The summed E-state index contributed by atoms with van der Waals surface area (Å²) in [7, 11) is 0. The quantitative estimate of drug-likeness (QED) is 0.766. The molecule has 0 bridgehead atoms. The number of allylic oxidation sites excluding steroid dienone is 4. The summed E-state index contributed by atoms with van der Waals surface area (Å²) in [5.41, 5.74) is 2.55. The van der Waals surface area contributed by atoms with Crippen molar-refractivity contribution in [3.05, 3.63) is 71.8 Å². The first-order valence-corrected chi connectivity index (χ1v) is 7.36. The summed E-state index contributed by atoms with van der Waals surface area (Å²) in [6.07, 6.45) is 9.11. The summed E-state index contributed by atoms with van der Waals surface area (Å²) >= 11 is 0. The highest BCUT2D eigenvalue weighted by atomic mass is 16.1. The summed E-state index contributed by atoms with van der Waals surface area (Å²) in [5, 5.41) is 2.30. The first kappa shape index (κ1) is 19.1. The molecule has 2 radical (unpaired) electrons. The molecule has 1 aliphatic rings. The van der Waals surface area contributed by atoms with Gasteiger partial charge in [0, 0.05) is 19.8 Å². The van der Waals surface area contributed by atoms with Crippen molar-refractivity contribution in [1.82, 2.24) is 0 Å². The second-order valence-electron chi connectivity index (χ2n) is 4.46. The van der Waals surface area contributed by atoms with Crippen LogP contribution in [-0.4, -0.2) is 5.78 Å². The van der Waals surface area contributed by atoms with E-state index in [0.29, 0.717) is 6.42 Å². The predicted molar refractivity (Wildman–Crippen MR) is 93.8 cm³/mol. The Morgan fingerprint density at radius 3 is 2.00 bits per heavy atom. The van der Waals surface area contributed by atoms with E-state index in [4.69, 9.17) is 0 Å². The highest BCUT2D eigenvalue weighted by Crippen LogP contribution is 2.13. The number of Topliss-reactive ketones (excluding diaryl/α,β-unsaturated/α-hetero) is 1. The molecule has 0 unspecified atom stereocenters. The van der Waals surface area contributed by atoms with Gasteiger partial charge in [-0.15, -0.1) is 0 Å². The molecular formula is C20H26O. The van der Waals surface area contributed by atoms with Gasteiger partial charge in [-0.05, 0) is 22.9 Å². The van der Waals surface area contributed by atoms with Crippen LogP contribution in [0.15, 0.2) is 48.1 Å². The smallest absolute Gasteiger partial charge is 0.133 e. The SMILES string of the molecule is C=c1ccc(=C2[CH]C=C(C)C=C2)cc1.CC.[CH2]C(=O)CC. The highest BCUT2D eigenvalue weighted by Gasteiger charge is 1.97. The highest BCUT2D eigenvalue weighted by molar-refractivity contribution is 5.82. The van der Waals surface area contributed by atoms with E-state index < -0.39 is 0 Å². The molecule has 0 saturated heterocycles. The zero-order valence-corrected chi connectivity index (χ0v) is 13.6. The molecule has 0 amide bonds. The third kappa shape index (κ3) is 8.09. The number of benzene rings is 1. The third-order valence-corrected chi connectivity index (χ3v) is 2.73. The fraction of sp³-hybridized carbons (Fsp3) is 0.250. The fourth-order valence-electron chi connectivity index (χ4n) is 1.44. The molecule has 0 atom stereocenters. The average molecular weight is 282 g/mol. The Morgan fingerprint density at radius 2 is 1.62 bits per heavy atom. The van der Waals surface area contributed by atoms with Gasteiger partial charge in [0.2, 0.25) is 0 Å². The van der Waals surface area contributed by atoms with Crippen molar-refractivity contribution in [2.45, 2.75) is 34.1 Å². The lowest BCUT2D eigenvalue weighted by molar-refractivity contribution is -0.114. The van der Waals surface area contributed by atoms with E-state index >= 15 is 0 Å². The Bertz CT molecular complexity index is 580. The number of hydrogen-bond acceptors (Lipinski definition) is 1. The molecule has 0 aromatic heterocycles. The van der Waals surface area contributed by atoms with E-state index in [0.717, 1.165) is 5.22 Å². The lowest BCUT2D eigenvalue weighted by Crippen LogP contribution is -2.09. The van der Waals surface area contributed by atoms with E-state index in [-0.39, 0.29) is 5.78 Å². The van der Waals surface area contributed by atoms with Crippen molar-refractivity contribution >= 4 is 17.9 Å². The van der Waals surface area contributed by atoms with Crippen LogP contribution in [0.5, 0.6) is 0 Å². The summed E-state index contributed by atoms with van der Waals surface area (Å²) in [5.74, 6) is 0.00463. The van der Waals surface area contributed by atoms with Gasteiger partial charge in [-0.25, -0.2) is 0 Å². The van der Waals surface area contributed by atoms with Gasteiger partial charge in [-0.1, -0.05) is 75.4 Å². The molecule has 0 heterocycles. The van der Waals surface area contributed by atoms with Gasteiger partial charge in [0.05, 0.1) is 0 Å². The minimum Gasteiger partial charge on any atom is -0.300 e. The van der Waals surface area contributed by atoms with Crippen LogP contribution >= 0.6 is 0 Å². The molecule has 2 rings (SSSR count). The molecule has 1 aromatic carbocycles. The van der Waals surface area contributed by atoms with Gasteiger partial charge in [-0.2, -0.15) is 0 Å². The number of carbonyl (C=O) groups excluding carboxylic acids is 1. The van der Waals surface area contributed by atoms with Crippen molar-refractivity contribution in [3.8, 4) is 0 Å². The predicted octanol–water partition coefficient (Wildman–Crippen LogP) is 3.79. The summed E-state index contributed by atoms with van der Waals surface area (Å²) < 4.78 is 0. The maximum Gasteiger partial charge on any atom is 0.133 e. The van der Waals surface area contributed by atoms with Gasteiger partial charge < -0.3 is 0 Å². The standard InChI is InChI=1S/C14H13.C4H7O.C2H6/c1-11-3-7-13(8-4-11)14-9-5-12(2)6-10-14;1-3-4(2)5;1-2/h3-10H,1H2,2H3;2-3H2,1H3;1-2H3. The van der Waals surface area contributed by atoms with Gasteiger partial charge in [0.25, 0.3) is 0 Å². The molecule has 1 heteroatoms. The Kier molecular flexibility index (Phi) is 9.87. The van der Waals surface area contributed by atoms with Crippen LogP contribution in [0, 0.1) is 13.3 Å². The molecule has 1 aliphatic carbocycles. The number of hydrogen-bond donors (Lipinski definition) is 0. The molecule has 0 aliphatic heterocycles. The minimum absolute atomic E-state index is 0.00463. The normalized spacial score (nSPS) is 12.4. The average Bonchev–Trinajstić information content (AvgIpc) is 2.51. The van der Waals surface area contributed by atoms with Crippen LogP contribution in [0.2, 0.25) is 0 Å². The third-order valence-electron chi connectivity index (χ3n) is 2.73. The van der Waals surface area contributed by atoms with E-state index in [1.807, 2.05) is 26.0 Å². The lowest BCUT2D eigenvalue weighted by Gasteiger charge is -2.04. The van der Waals surface area contributed by atoms with Crippen LogP contribution < -0.4 is 10.4 Å². The molecule has 1 aromatic rings. The first-order valence-electron chi connectivity index (χ1n) is 7.36. The Labute approximate surface area is 129 Å². The topological polar surface area (TPSA) is 17.1 Å². The molecule has 0 spiro atoms. The molecule has 0 fully saturated rings. The van der Waals surface area contributed by atoms with Gasteiger partial charge >= 0.3 is 0 Å². The molecule has 21 heavy (non-hydrogen) atoms. The van der Waals surface area contributed by atoms with E-state index in [1.54, 1.807) is 6.92 Å². The first-order chi connectivity index (χ1) is 10.0. The number of carbonyl (C=O) groups is 1. The fourth-order valence-corrected chi connectivity index (χ4v) is 1.44. The maximum absolute atomic E-state index is 9.70. The summed E-state index contributed by atoms with van der Waals surface area (Å²) in [6.45, 7) is 14.9. The van der Waals surface area contributed by atoms with Gasteiger partial charge in [-0.3, -0.25) is 4.79 Å². The summed E-state index contributed by atoms with van der Waals surface area (Å²) in [4.78, 5) is 9.70. The van der Waals surface area contributed by atoms with Gasteiger partial charge in [0.15, 0.2) is 0 Å². The van der Waals surface area contributed by atoms with Crippen LogP contribution in [-0.2, 0) is 4.79 Å². The molecular weight excluding hydrogens is 256 g/mol. The van der Waals surface area contributed by atoms with Gasteiger partial charge in [0.1, 0.15) is 5.78 Å².